The number of esters is 1. The minimum atomic E-state index is -1.20. The predicted molar refractivity (Wildman–Crippen MR) is 78.4 cm³/mol. The normalized spacial score (nSPS) is 9.43. The Balaban J connectivity index is 0.00000484. The SMILES string of the molecule is Cl.NCC(=O)Oc1cc(C(=O)O)ccc1OCCCO[N+](=O)[O-]. The molecule has 0 saturated carbocycles. The molecule has 0 aliphatic heterocycles. The number of hydrogen-bond acceptors (Lipinski definition) is 8. The minimum absolute atomic E-state index is 0. The Bertz CT molecular complexity index is 566. The molecule has 1 aromatic rings. The molecule has 0 aromatic heterocycles. The number of carboxylic acids is 1. The first-order chi connectivity index (χ1) is 10.4. The van der Waals surface area contributed by atoms with Crippen molar-refractivity contribution in [3.05, 3.63) is 33.9 Å². The van der Waals surface area contributed by atoms with Crippen molar-refractivity contribution in [1.29, 1.82) is 0 Å². The molecule has 0 spiro atoms. The van der Waals surface area contributed by atoms with E-state index < -0.39 is 17.0 Å². The van der Waals surface area contributed by atoms with Crippen molar-refractivity contribution in [2.24, 2.45) is 5.73 Å². The van der Waals surface area contributed by atoms with Gasteiger partial charge in [-0.3, -0.25) is 4.79 Å². The summed E-state index contributed by atoms with van der Waals surface area (Å²) >= 11 is 0. The molecular weight excluding hydrogens is 336 g/mol. The van der Waals surface area contributed by atoms with E-state index in [1.54, 1.807) is 0 Å². The molecule has 0 amide bonds. The largest absolute Gasteiger partial charge is 0.490 e. The van der Waals surface area contributed by atoms with Gasteiger partial charge in [0.15, 0.2) is 11.5 Å². The van der Waals surface area contributed by atoms with Gasteiger partial charge >= 0.3 is 11.9 Å². The van der Waals surface area contributed by atoms with Gasteiger partial charge in [0.2, 0.25) is 0 Å². The third kappa shape index (κ3) is 7.29. The van der Waals surface area contributed by atoms with Crippen molar-refractivity contribution in [2.75, 3.05) is 19.8 Å². The average molecular weight is 351 g/mol. The monoisotopic (exact) mass is 350 g/mol. The number of carbonyl (C=O) groups excluding carboxylic acids is 1. The van der Waals surface area contributed by atoms with Crippen LogP contribution in [0.2, 0.25) is 0 Å². The Morgan fingerprint density at radius 1 is 1.26 bits per heavy atom. The maximum absolute atomic E-state index is 11.2. The van der Waals surface area contributed by atoms with E-state index in [0.717, 1.165) is 6.07 Å². The van der Waals surface area contributed by atoms with Gasteiger partial charge in [-0.15, -0.1) is 22.5 Å². The first-order valence-electron chi connectivity index (χ1n) is 6.12. The lowest BCUT2D eigenvalue weighted by atomic mass is 10.2. The number of nitrogens with two attached hydrogens (primary N) is 1. The van der Waals surface area contributed by atoms with Crippen molar-refractivity contribution in [2.45, 2.75) is 6.42 Å². The van der Waals surface area contributed by atoms with Crippen LogP contribution in [0.5, 0.6) is 11.5 Å². The van der Waals surface area contributed by atoms with Crippen LogP contribution in [0.3, 0.4) is 0 Å². The maximum atomic E-state index is 11.2. The number of aromatic carboxylic acids is 1. The van der Waals surface area contributed by atoms with E-state index in [1.165, 1.54) is 12.1 Å². The van der Waals surface area contributed by atoms with Crippen molar-refractivity contribution in [1.82, 2.24) is 0 Å². The smallest absolute Gasteiger partial charge is 0.335 e. The molecule has 0 unspecified atom stereocenters. The van der Waals surface area contributed by atoms with Crippen LogP contribution >= 0.6 is 12.4 Å². The van der Waals surface area contributed by atoms with Gasteiger partial charge in [0, 0.05) is 6.42 Å². The van der Waals surface area contributed by atoms with E-state index in [9.17, 15) is 19.7 Å². The Morgan fingerprint density at radius 2 is 1.96 bits per heavy atom. The van der Waals surface area contributed by atoms with Gasteiger partial charge in [-0.1, -0.05) is 0 Å². The highest BCUT2D eigenvalue weighted by atomic mass is 35.5. The fourth-order valence-electron chi connectivity index (χ4n) is 1.38. The summed E-state index contributed by atoms with van der Waals surface area (Å²) in [7, 11) is 0. The van der Waals surface area contributed by atoms with Crippen LogP contribution in [-0.4, -0.2) is 41.9 Å². The summed E-state index contributed by atoms with van der Waals surface area (Å²) in [6, 6.07) is 3.71. The molecular formula is C12H15ClN2O8. The lowest BCUT2D eigenvalue weighted by Crippen LogP contribution is -2.20. The van der Waals surface area contributed by atoms with Crippen LogP contribution in [0.4, 0.5) is 0 Å². The number of hydrogen-bond donors (Lipinski definition) is 2. The molecule has 0 atom stereocenters. The van der Waals surface area contributed by atoms with Crippen LogP contribution in [0.25, 0.3) is 0 Å². The first kappa shape index (κ1) is 20.4. The predicted octanol–water partition coefficient (Wildman–Crippen LogP) is 0.648. The van der Waals surface area contributed by atoms with Gasteiger partial charge in [0.25, 0.3) is 5.09 Å². The number of carboxylic acid groups (broad SMARTS) is 1. The highest BCUT2D eigenvalue weighted by Crippen LogP contribution is 2.28. The summed E-state index contributed by atoms with van der Waals surface area (Å²) in [5.74, 6) is -1.93. The van der Waals surface area contributed by atoms with Crippen LogP contribution < -0.4 is 15.2 Å². The lowest BCUT2D eigenvalue weighted by Gasteiger charge is -2.12. The number of carbonyl (C=O) groups is 2. The third-order valence-electron chi connectivity index (χ3n) is 2.32. The highest BCUT2D eigenvalue weighted by molar-refractivity contribution is 5.89. The molecule has 1 aromatic carbocycles. The zero-order valence-electron chi connectivity index (χ0n) is 11.8. The van der Waals surface area contributed by atoms with Gasteiger partial charge in [0.05, 0.1) is 25.3 Å². The van der Waals surface area contributed by atoms with Gasteiger partial charge < -0.3 is 25.2 Å². The summed E-state index contributed by atoms with van der Waals surface area (Å²) in [6.07, 6.45) is 0.214. The number of nitrogens with zero attached hydrogens (tertiary/aromatic N) is 1. The molecule has 0 bridgehead atoms. The van der Waals surface area contributed by atoms with Gasteiger partial charge in [-0.25, -0.2) is 4.79 Å². The quantitative estimate of drug-likeness (QED) is 0.215. The fourth-order valence-corrected chi connectivity index (χ4v) is 1.38. The van der Waals surface area contributed by atoms with E-state index in [2.05, 4.69) is 4.84 Å². The first-order valence-corrected chi connectivity index (χ1v) is 6.12. The molecule has 10 nitrogen and oxygen atoms in total. The molecule has 11 heteroatoms. The van der Waals surface area contributed by atoms with Crippen LogP contribution in [0, 0.1) is 10.1 Å². The number of rotatable bonds is 9. The van der Waals surface area contributed by atoms with Crippen molar-refractivity contribution < 1.29 is 34.1 Å². The summed E-state index contributed by atoms with van der Waals surface area (Å²) < 4.78 is 10.2. The lowest BCUT2D eigenvalue weighted by molar-refractivity contribution is -0.757. The molecule has 0 radical (unpaired) electrons. The van der Waals surface area contributed by atoms with Crippen LogP contribution in [0.1, 0.15) is 16.8 Å². The Morgan fingerprint density at radius 3 is 2.52 bits per heavy atom. The number of ether oxygens (including phenoxy) is 2. The highest BCUT2D eigenvalue weighted by Gasteiger charge is 2.13. The van der Waals surface area contributed by atoms with Gasteiger partial charge in [-0.05, 0) is 18.2 Å². The van der Waals surface area contributed by atoms with E-state index in [4.69, 9.17) is 20.3 Å². The summed E-state index contributed by atoms with van der Waals surface area (Å²) in [6.45, 7) is -0.487. The molecule has 0 heterocycles. The number of halogens is 1. The topological polar surface area (TPSA) is 151 Å². The van der Waals surface area contributed by atoms with Gasteiger partial charge in [0.1, 0.15) is 0 Å². The fraction of sp³-hybridized carbons (Fsp3) is 0.333. The maximum Gasteiger partial charge on any atom is 0.335 e. The Labute approximate surface area is 136 Å². The van der Waals surface area contributed by atoms with E-state index in [1.807, 2.05) is 0 Å². The van der Waals surface area contributed by atoms with Gasteiger partial charge in [-0.2, -0.15) is 0 Å². The Hall–Kier alpha value is -2.59. The molecule has 0 fully saturated rings. The average Bonchev–Trinajstić information content (AvgIpc) is 2.47. The minimum Gasteiger partial charge on any atom is -0.490 e. The molecule has 3 N–H and O–H groups in total. The second-order valence-electron chi connectivity index (χ2n) is 3.90. The standard InChI is InChI=1S/C12H14N2O8.ClH/c13-7-11(15)22-10-6-8(12(16)17)2-3-9(10)20-4-1-5-21-14(18)19;/h2-3,6H,1,4-5,7,13H2,(H,16,17);1H. The van der Waals surface area contributed by atoms with Crippen LogP contribution in [-0.2, 0) is 9.63 Å². The van der Waals surface area contributed by atoms with E-state index in [-0.39, 0.29) is 55.6 Å². The Kier molecular flexibility index (Phi) is 9.04. The van der Waals surface area contributed by atoms with E-state index >= 15 is 0 Å². The van der Waals surface area contributed by atoms with Crippen LogP contribution in [0.15, 0.2) is 18.2 Å². The summed E-state index contributed by atoms with van der Waals surface area (Å²) in [5, 5.41) is 17.9. The second-order valence-corrected chi connectivity index (χ2v) is 3.90. The molecule has 0 saturated heterocycles. The molecule has 0 aliphatic carbocycles. The van der Waals surface area contributed by atoms with Crippen molar-refractivity contribution >= 4 is 24.3 Å². The molecule has 0 aliphatic rings. The molecule has 128 valence electrons. The van der Waals surface area contributed by atoms with Crippen molar-refractivity contribution in [3.8, 4) is 11.5 Å². The molecule has 1 rings (SSSR count). The third-order valence-corrected chi connectivity index (χ3v) is 2.32. The van der Waals surface area contributed by atoms with Crippen molar-refractivity contribution in [3.63, 3.8) is 0 Å². The zero-order valence-corrected chi connectivity index (χ0v) is 12.6. The summed E-state index contributed by atoms with van der Waals surface area (Å²) in [5.41, 5.74) is 5.03. The second kappa shape index (κ2) is 10.2. The number of benzene rings is 1. The van der Waals surface area contributed by atoms with E-state index in [0.29, 0.717) is 0 Å². The summed E-state index contributed by atoms with van der Waals surface area (Å²) in [4.78, 5) is 36.2. The molecule has 23 heavy (non-hydrogen) atoms. The zero-order chi connectivity index (χ0) is 16.5.